The van der Waals surface area contributed by atoms with Crippen molar-refractivity contribution in [2.75, 3.05) is 13.1 Å². The lowest BCUT2D eigenvalue weighted by atomic mass is 10.3. The first kappa shape index (κ1) is 9.24. The van der Waals surface area contributed by atoms with Crippen molar-refractivity contribution in [1.82, 2.24) is 5.32 Å². The van der Waals surface area contributed by atoms with Gasteiger partial charge in [0.1, 0.15) is 0 Å². The molecule has 0 aromatic carbocycles. The van der Waals surface area contributed by atoms with Gasteiger partial charge < -0.3 is 5.32 Å². The van der Waals surface area contributed by atoms with Gasteiger partial charge in [0, 0.05) is 17.8 Å². The standard InChI is InChI=1S/C9H12N2S/c10-5-2-6-11-7-4-9-3-1-8-12-9/h1,3,8,11H,2,4,6-7H2. The molecule has 0 saturated heterocycles. The first-order valence-electron chi connectivity index (χ1n) is 4.03. The highest BCUT2D eigenvalue weighted by molar-refractivity contribution is 7.09. The zero-order valence-electron chi connectivity index (χ0n) is 6.92. The van der Waals surface area contributed by atoms with Crippen molar-refractivity contribution in [2.45, 2.75) is 12.8 Å². The first-order chi connectivity index (χ1) is 5.93. The van der Waals surface area contributed by atoms with Crippen LogP contribution in [0.2, 0.25) is 0 Å². The van der Waals surface area contributed by atoms with E-state index in [1.54, 1.807) is 11.3 Å². The van der Waals surface area contributed by atoms with E-state index in [2.05, 4.69) is 28.9 Å². The van der Waals surface area contributed by atoms with Gasteiger partial charge in [-0.1, -0.05) is 6.07 Å². The van der Waals surface area contributed by atoms with Gasteiger partial charge in [-0.2, -0.15) is 5.26 Å². The Morgan fingerprint density at radius 2 is 2.42 bits per heavy atom. The second kappa shape index (κ2) is 5.76. The van der Waals surface area contributed by atoms with E-state index in [9.17, 15) is 0 Å². The molecule has 0 aliphatic rings. The van der Waals surface area contributed by atoms with Crippen molar-refractivity contribution in [2.24, 2.45) is 0 Å². The fourth-order valence-corrected chi connectivity index (χ4v) is 1.64. The van der Waals surface area contributed by atoms with Crippen LogP contribution in [0.3, 0.4) is 0 Å². The molecule has 1 aromatic rings. The van der Waals surface area contributed by atoms with Crippen LogP contribution in [0.4, 0.5) is 0 Å². The van der Waals surface area contributed by atoms with Crippen molar-refractivity contribution in [3.63, 3.8) is 0 Å². The molecule has 3 heteroatoms. The Kier molecular flexibility index (Phi) is 4.43. The second-order valence-electron chi connectivity index (χ2n) is 2.49. The average Bonchev–Trinajstić information content (AvgIpc) is 2.57. The van der Waals surface area contributed by atoms with Crippen molar-refractivity contribution < 1.29 is 0 Å². The molecular weight excluding hydrogens is 168 g/mol. The summed E-state index contributed by atoms with van der Waals surface area (Å²) in [6.45, 7) is 1.78. The molecule has 1 heterocycles. The van der Waals surface area contributed by atoms with Gasteiger partial charge in [-0.3, -0.25) is 0 Å². The van der Waals surface area contributed by atoms with Crippen LogP contribution in [0.25, 0.3) is 0 Å². The Balaban J connectivity index is 2.01. The van der Waals surface area contributed by atoms with Crippen LogP contribution in [0, 0.1) is 11.3 Å². The quantitative estimate of drug-likeness (QED) is 0.701. The molecule has 0 aliphatic carbocycles. The van der Waals surface area contributed by atoms with E-state index in [-0.39, 0.29) is 0 Å². The van der Waals surface area contributed by atoms with E-state index in [1.165, 1.54) is 4.88 Å². The lowest BCUT2D eigenvalue weighted by Gasteiger charge is -1.98. The molecule has 0 fully saturated rings. The predicted molar refractivity (Wildman–Crippen MR) is 51.1 cm³/mol. The summed E-state index contributed by atoms with van der Waals surface area (Å²) in [5, 5.41) is 13.6. The van der Waals surface area contributed by atoms with E-state index in [0.29, 0.717) is 6.42 Å². The zero-order valence-corrected chi connectivity index (χ0v) is 7.73. The van der Waals surface area contributed by atoms with Gasteiger partial charge in [0.2, 0.25) is 0 Å². The molecular formula is C9H12N2S. The van der Waals surface area contributed by atoms with Crippen LogP contribution in [0.15, 0.2) is 17.5 Å². The Bertz CT molecular complexity index is 236. The van der Waals surface area contributed by atoms with Crippen LogP contribution in [0.1, 0.15) is 11.3 Å². The monoisotopic (exact) mass is 180 g/mol. The Hall–Kier alpha value is -0.850. The molecule has 0 spiro atoms. The third kappa shape index (κ3) is 3.51. The first-order valence-corrected chi connectivity index (χ1v) is 4.91. The van der Waals surface area contributed by atoms with E-state index >= 15 is 0 Å². The summed E-state index contributed by atoms with van der Waals surface area (Å²) < 4.78 is 0. The second-order valence-corrected chi connectivity index (χ2v) is 3.52. The molecule has 1 rings (SSSR count). The maximum atomic E-state index is 8.26. The summed E-state index contributed by atoms with van der Waals surface area (Å²) in [4.78, 5) is 1.40. The van der Waals surface area contributed by atoms with Crippen LogP contribution in [-0.2, 0) is 6.42 Å². The van der Waals surface area contributed by atoms with Crippen molar-refractivity contribution in [3.05, 3.63) is 22.4 Å². The molecule has 0 saturated carbocycles. The molecule has 0 atom stereocenters. The molecule has 12 heavy (non-hydrogen) atoms. The summed E-state index contributed by atoms with van der Waals surface area (Å²) in [6, 6.07) is 6.30. The van der Waals surface area contributed by atoms with Gasteiger partial charge in [-0.05, 0) is 24.4 Å². The van der Waals surface area contributed by atoms with Gasteiger partial charge in [-0.25, -0.2) is 0 Å². The lowest BCUT2D eigenvalue weighted by molar-refractivity contribution is 0.696. The smallest absolute Gasteiger partial charge is 0.0635 e. The Labute approximate surface area is 76.8 Å². The maximum Gasteiger partial charge on any atom is 0.0635 e. The van der Waals surface area contributed by atoms with Crippen LogP contribution in [0.5, 0.6) is 0 Å². The Morgan fingerprint density at radius 3 is 3.08 bits per heavy atom. The molecule has 2 nitrogen and oxygen atoms in total. The number of hydrogen-bond acceptors (Lipinski definition) is 3. The molecule has 64 valence electrons. The van der Waals surface area contributed by atoms with Crippen LogP contribution >= 0.6 is 11.3 Å². The molecule has 1 aromatic heterocycles. The predicted octanol–water partition coefficient (Wildman–Crippen LogP) is 1.79. The zero-order chi connectivity index (χ0) is 8.65. The van der Waals surface area contributed by atoms with Crippen LogP contribution in [-0.4, -0.2) is 13.1 Å². The number of hydrogen-bond donors (Lipinski definition) is 1. The largest absolute Gasteiger partial charge is 0.315 e. The van der Waals surface area contributed by atoms with Crippen molar-refractivity contribution in [3.8, 4) is 6.07 Å². The van der Waals surface area contributed by atoms with E-state index < -0.39 is 0 Å². The van der Waals surface area contributed by atoms with Gasteiger partial charge in [-0.15, -0.1) is 11.3 Å². The summed E-state index contributed by atoms with van der Waals surface area (Å²) in [5.74, 6) is 0. The van der Waals surface area contributed by atoms with E-state index in [1.807, 2.05) is 0 Å². The fraction of sp³-hybridized carbons (Fsp3) is 0.444. The summed E-state index contributed by atoms with van der Waals surface area (Å²) in [7, 11) is 0. The fourth-order valence-electron chi connectivity index (χ4n) is 0.936. The van der Waals surface area contributed by atoms with Crippen molar-refractivity contribution in [1.29, 1.82) is 5.26 Å². The van der Waals surface area contributed by atoms with Gasteiger partial charge in [0.15, 0.2) is 0 Å². The average molecular weight is 180 g/mol. The third-order valence-electron chi connectivity index (χ3n) is 1.54. The minimum absolute atomic E-state index is 0.602. The highest BCUT2D eigenvalue weighted by atomic mass is 32.1. The van der Waals surface area contributed by atoms with Gasteiger partial charge in [0.05, 0.1) is 6.07 Å². The highest BCUT2D eigenvalue weighted by Gasteiger charge is 1.91. The van der Waals surface area contributed by atoms with Crippen LogP contribution < -0.4 is 5.32 Å². The topological polar surface area (TPSA) is 35.8 Å². The number of nitriles is 1. The van der Waals surface area contributed by atoms with Gasteiger partial charge >= 0.3 is 0 Å². The number of nitrogens with one attached hydrogen (secondary N) is 1. The molecule has 0 radical (unpaired) electrons. The maximum absolute atomic E-state index is 8.26. The van der Waals surface area contributed by atoms with E-state index in [0.717, 1.165) is 19.5 Å². The number of nitrogens with zero attached hydrogens (tertiary/aromatic N) is 1. The molecule has 0 unspecified atom stereocenters. The normalized spacial score (nSPS) is 9.58. The summed E-state index contributed by atoms with van der Waals surface area (Å²) >= 11 is 1.78. The summed E-state index contributed by atoms with van der Waals surface area (Å²) in [6.07, 6.45) is 1.67. The minimum Gasteiger partial charge on any atom is -0.315 e. The third-order valence-corrected chi connectivity index (χ3v) is 2.48. The number of rotatable bonds is 5. The SMILES string of the molecule is N#CCCNCCc1cccs1. The van der Waals surface area contributed by atoms with Gasteiger partial charge in [0.25, 0.3) is 0 Å². The molecule has 1 N–H and O–H groups in total. The Morgan fingerprint density at radius 1 is 1.50 bits per heavy atom. The molecule has 0 amide bonds. The molecule has 0 bridgehead atoms. The lowest BCUT2D eigenvalue weighted by Crippen LogP contribution is -2.17. The van der Waals surface area contributed by atoms with E-state index in [4.69, 9.17) is 5.26 Å². The highest BCUT2D eigenvalue weighted by Crippen LogP contribution is 2.07. The molecule has 0 aliphatic heterocycles. The number of thiophene rings is 1. The van der Waals surface area contributed by atoms with Crippen molar-refractivity contribution >= 4 is 11.3 Å². The summed E-state index contributed by atoms with van der Waals surface area (Å²) in [5.41, 5.74) is 0. The minimum atomic E-state index is 0.602.